The Morgan fingerprint density at radius 1 is 0.765 bits per heavy atom. The molecule has 0 heteroatoms. The van der Waals surface area contributed by atoms with Gasteiger partial charge in [0.05, 0.1) is 0 Å². The first kappa shape index (κ1) is 12.2. The number of rotatable bonds is 1. The maximum Gasteiger partial charge on any atom is -0.0117 e. The minimum atomic E-state index is 0.595. The Morgan fingerprint density at radius 2 is 1.29 bits per heavy atom. The highest BCUT2D eigenvalue weighted by Crippen LogP contribution is 2.33. The topological polar surface area (TPSA) is 0 Å². The van der Waals surface area contributed by atoms with Gasteiger partial charge in [-0.3, -0.25) is 0 Å². The second kappa shape index (κ2) is 4.18. The summed E-state index contributed by atoms with van der Waals surface area (Å²) in [5, 5.41) is 2.92. The minimum absolute atomic E-state index is 0.595. The lowest BCUT2D eigenvalue weighted by atomic mass is 9.87. The van der Waals surface area contributed by atoms with Gasteiger partial charge in [-0.1, -0.05) is 32.0 Å². The Kier molecular flexibility index (Phi) is 2.99. The van der Waals surface area contributed by atoms with Crippen molar-refractivity contribution in [2.24, 2.45) is 0 Å². The van der Waals surface area contributed by atoms with E-state index in [1.807, 2.05) is 0 Å². The number of benzene rings is 2. The van der Waals surface area contributed by atoms with E-state index in [4.69, 9.17) is 0 Å². The lowest BCUT2D eigenvalue weighted by Gasteiger charge is -2.18. The van der Waals surface area contributed by atoms with Crippen LogP contribution < -0.4 is 0 Å². The van der Waals surface area contributed by atoms with Crippen LogP contribution in [0.15, 0.2) is 18.2 Å². The van der Waals surface area contributed by atoms with E-state index in [1.165, 1.54) is 38.6 Å². The Morgan fingerprint density at radius 3 is 1.82 bits per heavy atom. The molecule has 0 amide bonds. The molecule has 0 saturated heterocycles. The zero-order valence-electron chi connectivity index (χ0n) is 11.8. The van der Waals surface area contributed by atoms with E-state index in [1.54, 1.807) is 0 Å². The molecule has 0 unspecified atom stereocenters. The van der Waals surface area contributed by atoms with Gasteiger partial charge < -0.3 is 0 Å². The third kappa shape index (κ3) is 1.86. The molecule has 0 heterocycles. The van der Waals surface area contributed by atoms with E-state index in [-0.39, 0.29) is 0 Å². The average Bonchev–Trinajstić information content (AvgIpc) is 2.26. The van der Waals surface area contributed by atoms with Crippen LogP contribution in [0, 0.1) is 27.7 Å². The molecular formula is C17H22. The molecule has 0 spiro atoms. The van der Waals surface area contributed by atoms with Crippen molar-refractivity contribution in [3.63, 3.8) is 0 Å². The van der Waals surface area contributed by atoms with Crippen molar-refractivity contribution < 1.29 is 0 Å². The van der Waals surface area contributed by atoms with Gasteiger partial charge in [0, 0.05) is 0 Å². The van der Waals surface area contributed by atoms with Crippen LogP contribution in [-0.4, -0.2) is 0 Å². The van der Waals surface area contributed by atoms with E-state index in [0.717, 1.165) is 0 Å². The van der Waals surface area contributed by atoms with Crippen LogP contribution in [-0.2, 0) is 0 Å². The van der Waals surface area contributed by atoms with Crippen molar-refractivity contribution in [1.82, 2.24) is 0 Å². The molecule has 2 aromatic carbocycles. The van der Waals surface area contributed by atoms with Gasteiger partial charge >= 0.3 is 0 Å². The molecule has 17 heavy (non-hydrogen) atoms. The van der Waals surface area contributed by atoms with Crippen LogP contribution in [0.4, 0.5) is 0 Å². The molecule has 0 aliphatic carbocycles. The summed E-state index contributed by atoms with van der Waals surface area (Å²) >= 11 is 0. The number of fused-ring (bicyclic) bond motifs is 1. The van der Waals surface area contributed by atoms with Crippen LogP contribution in [0.3, 0.4) is 0 Å². The van der Waals surface area contributed by atoms with Gasteiger partial charge in [0.15, 0.2) is 0 Å². The van der Waals surface area contributed by atoms with Gasteiger partial charge in [-0.15, -0.1) is 0 Å². The zero-order valence-corrected chi connectivity index (χ0v) is 11.8. The van der Waals surface area contributed by atoms with E-state index in [2.05, 4.69) is 59.7 Å². The predicted molar refractivity (Wildman–Crippen MR) is 77.0 cm³/mol. The van der Waals surface area contributed by atoms with E-state index in [0.29, 0.717) is 5.92 Å². The van der Waals surface area contributed by atoms with Crippen molar-refractivity contribution in [1.29, 1.82) is 0 Å². The van der Waals surface area contributed by atoms with E-state index >= 15 is 0 Å². The molecule has 2 rings (SSSR count). The SMILES string of the molecule is Cc1ccc(C)c2c(C)c(C(C)C)cc(C)c12. The largest absolute Gasteiger partial charge is 0.0587 e. The van der Waals surface area contributed by atoms with Crippen LogP contribution in [0.2, 0.25) is 0 Å². The van der Waals surface area contributed by atoms with Crippen molar-refractivity contribution in [3.8, 4) is 0 Å². The highest BCUT2D eigenvalue weighted by atomic mass is 14.2. The summed E-state index contributed by atoms with van der Waals surface area (Å²) in [6.45, 7) is 13.5. The lowest BCUT2D eigenvalue weighted by Crippen LogP contribution is -1.98. The molecule has 2 aromatic rings. The highest BCUT2D eigenvalue weighted by molar-refractivity contribution is 5.94. The normalized spacial score (nSPS) is 11.5. The third-order valence-electron chi connectivity index (χ3n) is 3.82. The van der Waals surface area contributed by atoms with Crippen LogP contribution in [0.1, 0.15) is 47.6 Å². The summed E-state index contributed by atoms with van der Waals surface area (Å²) in [4.78, 5) is 0. The number of hydrogen-bond donors (Lipinski definition) is 0. The van der Waals surface area contributed by atoms with Gasteiger partial charge in [-0.25, -0.2) is 0 Å². The highest BCUT2D eigenvalue weighted by Gasteiger charge is 2.12. The Bertz CT molecular complexity index is 574. The molecule has 0 atom stereocenters. The molecule has 0 bridgehead atoms. The molecule has 0 aliphatic heterocycles. The Balaban J connectivity index is 2.98. The van der Waals surface area contributed by atoms with Crippen molar-refractivity contribution in [3.05, 3.63) is 46.0 Å². The smallest absolute Gasteiger partial charge is 0.0117 e. The molecule has 0 fully saturated rings. The van der Waals surface area contributed by atoms with Gasteiger partial charge in [0.1, 0.15) is 0 Å². The molecule has 0 aromatic heterocycles. The fourth-order valence-electron chi connectivity index (χ4n) is 2.96. The van der Waals surface area contributed by atoms with Gasteiger partial charge in [-0.2, -0.15) is 0 Å². The first-order valence-corrected chi connectivity index (χ1v) is 6.43. The molecule has 0 nitrogen and oxygen atoms in total. The number of aryl methyl sites for hydroxylation is 4. The first-order chi connectivity index (χ1) is 7.93. The van der Waals surface area contributed by atoms with Crippen LogP contribution in [0.5, 0.6) is 0 Å². The van der Waals surface area contributed by atoms with Gasteiger partial charge in [-0.05, 0) is 72.2 Å². The first-order valence-electron chi connectivity index (χ1n) is 6.43. The molecule has 90 valence electrons. The van der Waals surface area contributed by atoms with E-state index < -0.39 is 0 Å². The Hall–Kier alpha value is -1.30. The second-order valence-corrected chi connectivity index (χ2v) is 5.51. The maximum atomic E-state index is 2.37. The van der Waals surface area contributed by atoms with Crippen LogP contribution >= 0.6 is 0 Å². The Labute approximate surface area is 105 Å². The molecule has 0 saturated carbocycles. The van der Waals surface area contributed by atoms with Crippen molar-refractivity contribution in [2.45, 2.75) is 47.5 Å². The minimum Gasteiger partial charge on any atom is -0.0587 e. The maximum absolute atomic E-state index is 2.37. The predicted octanol–water partition coefficient (Wildman–Crippen LogP) is 5.20. The second-order valence-electron chi connectivity index (χ2n) is 5.51. The third-order valence-corrected chi connectivity index (χ3v) is 3.82. The van der Waals surface area contributed by atoms with Crippen molar-refractivity contribution >= 4 is 10.8 Å². The lowest BCUT2D eigenvalue weighted by molar-refractivity contribution is 0.857. The summed E-state index contributed by atoms with van der Waals surface area (Å²) in [5.74, 6) is 0.595. The standard InChI is InChI=1S/C17H22/c1-10(2)15-9-13(5)16-11(3)7-8-12(4)17(16)14(15)6/h7-10H,1-6H3. The van der Waals surface area contributed by atoms with Gasteiger partial charge in [0.25, 0.3) is 0 Å². The zero-order chi connectivity index (χ0) is 12.7. The fourth-order valence-corrected chi connectivity index (χ4v) is 2.96. The quantitative estimate of drug-likeness (QED) is 0.627. The molecular weight excluding hydrogens is 204 g/mol. The average molecular weight is 226 g/mol. The molecule has 0 aliphatic rings. The van der Waals surface area contributed by atoms with E-state index in [9.17, 15) is 0 Å². The molecule has 0 N–H and O–H groups in total. The molecule has 0 radical (unpaired) electrons. The number of hydrogen-bond acceptors (Lipinski definition) is 0. The summed E-state index contributed by atoms with van der Waals surface area (Å²) in [5.41, 5.74) is 7.15. The monoisotopic (exact) mass is 226 g/mol. The summed E-state index contributed by atoms with van der Waals surface area (Å²) in [6, 6.07) is 6.85. The summed E-state index contributed by atoms with van der Waals surface area (Å²) < 4.78 is 0. The summed E-state index contributed by atoms with van der Waals surface area (Å²) in [7, 11) is 0. The summed E-state index contributed by atoms with van der Waals surface area (Å²) in [6.07, 6.45) is 0. The van der Waals surface area contributed by atoms with Crippen LogP contribution in [0.25, 0.3) is 10.8 Å². The fraction of sp³-hybridized carbons (Fsp3) is 0.412. The van der Waals surface area contributed by atoms with Crippen molar-refractivity contribution in [2.75, 3.05) is 0 Å². The van der Waals surface area contributed by atoms with Gasteiger partial charge in [0.2, 0.25) is 0 Å².